The van der Waals surface area contributed by atoms with E-state index in [0.717, 1.165) is 0 Å². The fraction of sp³-hybridized carbons (Fsp3) is 0.429. The second kappa shape index (κ2) is 13.0. The zero-order valence-electron chi connectivity index (χ0n) is 23.2. The van der Waals surface area contributed by atoms with Gasteiger partial charge in [-0.1, -0.05) is 12.0 Å². The topological polar surface area (TPSA) is 82.9 Å². The smallest absolute Gasteiger partial charge is 0.422 e. The van der Waals surface area contributed by atoms with Gasteiger partial charge in [-0.05, 0) is 43.7 Å². The lowest BCUT2D eigenvalue weighted by molar-refractivity contribution is -0.153. The molecule has 3 heterocycles. The minimum atomic E-state index is -4.63. The van der Waals surface area contributed by atoms with Gasteiger partial charge >= 0.3 is 12.4 Å². The van der Waals surface area contributed by atoms with Crippen LogP contribution in [0.25, 0.3) is 5.65 Å². The number of imidazole rings is 1. The number of amides is 1. The highest BCUT2D eigenvalue weighted by Gasteiger charge is 2.33. The van der Waals surface area contributed by atoms with E-state index in [9.17, 15) is 35.5 Å². The monoisotopic (exact) mass is 614 g/mol. The van der Waals surface area contributed by atoms with Gasteiger partial charge in [0.25, 0.3) is 5.91 Å². The average molecular weight is 615 g/mol. The Morgan fingerprint density at radius 3 is 2.58 bits per heavy atom. The summed E-state index contributed by atoms with van der Waals surface area (Å²) in [6.07, 6.45) is -9.88. The molecule has 1 amide bonds. The van der Waals surface area contributed by atoms with Crippen molar-refractivity contribution in [2.45, 2.75) is 37.4 Å². The van der Waals surface area contributed by atoms with Crippen molar-refractivity contribution in [2.75, 3.05) is 51.0 Å². The summed E-state index contributed by atoms with van der Waals surface area (Å²) in [7, 11) is 3.14. The number of pyridine rings is 1. The second-order valence-electron chi connectivity index (χ2n) is 9.95. The molecule has 0 radical (unpaired) electrons. The van der Waals surface area contributed by atoms with Crippen LogP contribution in [0.2, 0.25) is 0 Å². The molecular formula is C28H29F7N6O2. The Balaban J connectivity index is 1.63. The fourth-order valence-corrected chi connectivity index (χ4v) is 4.68. The summed E-state index contributed by atoms with van der Waals surface area (Å²) < 4.78 is 99.7. The Bertz CT molecular complexity index is 1510. The first-order chi connectivity index (χ1) is 20.3. The molecule has 0 spiro atoms. The minimum absolute atomic E-state index is 0.0229. The maximum atomic E-state index is 14.7. The maximum absolute atomic E-state index is 14.7. The van der Waals surface area contributed by atoms with Gasteiger partial charge in [0.15, 0.2) is 12.3 Å². The number of nitrogens with zero attached hydrogens (tertiary/aromatic N) is 3. The molecule has 0 bridgehead atoms. The van der Waals surface area contributed by atoms with Crippen LogP contribution in [-0.2, 0) is 6.42 Å². The maximum Gasteiger partial charge on any atom is 0.422 e. The van der Waals surface area contributed by atoms with Gasteiger partial charge in [-0.25, -0.2) is 9.37 Å². The molecule has 232 valence electrons. The van der Waals surface area contributed by atoms with Crippen molar-refractivity contribution in [3.8, 4) is 17.6 Å². The highest BCUT2D eigenvalue weighted by molar-refractivity contribution is 6.00. The molecule has 1 fully saturated rings. The van der Waals surface area contributed by atoms with Gasteiger partial charge in [-0.3, -0.25) is 4.79 Å². The number of anilines is 2. The molecule has 0 unspecified atom stereocenters. The molecule has 2 aromatic heterocycles. The van der Waals surface area contributed by atoms with E-state index < -0.39 is 43.5 Å². The number of nitrogens with one attached hydrogen (secondary N) is 3. The van der Waals surface area contributed by atoms with Crippen molar-refractivity contribution < 1.29 is 40.3 Å². The van der Waals surface area contributed by atoms with Gasteiger partial charge < -0.3 is 30.0 Å². The summed E-state index contributed by atoms with van der Waals surface area (Å²) in [5, 5.41) is 8.19. The predicted molar refractivity (Wildman–Crippen MR) is 146 cm³/mol. The van der Waals surface area contributed by atoms with E-state index in [-0.39, 0.29) is 47.1 Å². The summed E-state index contributed by atoms with van der Waals surface area (Å²) >= 11 is 0. The molecule has 1 saturated heterocycles. The third kappa shape index (κ3) is 8.22. The summed E-state index contributed by atoms with van der Waals surface area (Å²) in [4.78, 5) is 18.5. The van der Waals surface area contributed by atoms with Crippen LogP contribution in [0.5, 0.6) is 5.75 Å². The number of rotatable bonds is 8. The Labute approximate surface area is 242 Å². The molecule has 2 atom stereocenters. The highest BCUT2D eigenvalue weighted by Crippen LogP contribution is 2.31. The molecule has 3 aromatic rings. The van der Waals surface area contributed by atoms with Crippen molar-refractivity contribution in [3.05, 3.63) is 53.5 Å². The van der Waals surface area contributed by atoms with E-state index in [2.05, 4.69) is 32.8 Å². The van der Waals surface area contributed by atoms with E-state index in [1.165, 1.54) is 41.9 Å². The first kappa shape index (κ1) is 31.7. The lowest BCUT2D eigenvalue weighted by Crippen LogP contribution is -2.46. The quantitative estimate of drug-likeness (QED) is 0.253. The first-order valence-corrected chi connectivity index (χ1v) is 13.2. The number of carbonyl (C=O) groups is 1. The van der Waals surface area contributed by atoms with Gasteiger partial charge in [-0.2, -0.15) is 26.3 Å². The van der Waals surface area contributed by atoms with Gasteiger partial charge in [-0.15, -0.1) is 0 Å². The Hall–Kier alpha value is -4.19. The van der Waals surface area contributed by atoms with Crippen LogP contribution < -0.4 is 20.7 Å². The largest absolute Gasteiger partial charge is 0.482 e. The van der Waals surface area contributed by atoms with Crippen molar-refractivity contribution in [1.82, 2.24) is 19.6 Å². The molecule has 43 heavy (non-hydrogen) atoms. The number of hydrogen-bond donors (Lipinski definition) is 3. The van der Waals surface area contributed by atoms with E-state index in [0.29, 0.717) is 18.7 Å². The zero-order chi connectivity index (χ0) is 31.4. The number of hydrogen-bond acceptors (Lipinski definition) is 6. The van der Waals surface area contributed by atoms with Crippen LogP contribution in [0, 0.1) is 11.8 Å². The van der Waals surface area contributed by atoms with Crippen LogP contribution in [-0.4, -0.2) is 85.1 Å². The van der Waals surface area contributed by atoms with E-state index in [4.69, 9.17) is 4.74 Å². The highest BCUT2D eigenvalue weighted by atomic mass is 19.4. The number of para-hydroxylation sites is 1. The van der Waals surface area contributed by atoms with Gasteiger partial charge in [0.05, 0.1) is 41.6 Å². The van der Waals surface area contributed by atoms with E-state index in [1.54, 1.807) is 13.1 Å². The summed E-state index contributed by atoms with van der Waals surface area (Å²) in [6, 6.07) is 6.50. The van der Waals surface area contributed by atoms with Crippen molar-refractivity contribution in [1.29, 1.82) is 0 Å². The van der Waals surface area contributed by atoms with Crippen molar-refractivity contribution in [3.63, 3.8) is 0 Å². The Kier molecular flexibility index (Phi) is 9.59. The number of ether oxygens (including phenoxy) is 1. The zero-order valence-corrected chi connectivity index (χ0v) is 23.2. The molecule has 1 aromatic carbocycles. The number of fused-ring (bicyclic) bond motifs is 1. The predicted octanol–water partition coefficient (Wildman–Crippen LogP) is 4.66. The molecule has 1 aliphatic rings. The van der Waals surface area contributed by atoms with Crippen LogP contribution in [0.4, 0.5) is 42.1 Å². The normalized spacial score (nSPS) is 17.7. The Morgan fingerprint density at radius 2 is 1.91 bits per heavy atom. The molecule has 1 aliphatic heterocycles. The minimum Gasteiger partial charge on any atom is -0.482 e. The van der Waals surface area contributed by atoms with Crippen LogP contribution in [0.3, 0.4) is 0 Å². The number of benzene rings is 1. The first-order valence-electron chi connectivity index (χ1n) is 13.2. The molecule has 0 saturated carbocycles. The van der Waals surface area contributed by atoms with E-state index in [1.807, 2.05) is 4.90 Å². The molecule has 15 heteroatoms. The number of alkyl halides is 7. The third-order valence-corrected chi connectivity index (χ3v) is 6.65. The molecule has 0 aliphatic carbocycles. The van der Waals surface area contributed by atoms with Gasteiger partial charge in [0.1, 0.15) is 17.6 Å². The lowest BCUT2D eigenvalue weighted by Gasteiger charge is -2.33. The fourth-order valence-electron chi connectivity index (χ4n) is 4.68. The summed E-state index contributed by atoms with van der Waals surface area (Å²) in [5.41, 5.74) is -0.0276. The molecule has 8 nitrogen and oxygen atoms in total. The summed E-state index contributed by atoms with van der Waals surface area (Å²) in [6.45, 7) is -1.03. The molecular weight excluding hydrogens is 585 g/mol. The number of halogens is 7. The second-order valence-corrected chi connectivity index (χ2v) is 9.95. The standard InChI is InChI=1S/C28H29F7N6O2/c1-36-26(42)17-6-3-9-23(43-16-28(33,34)35)24(17)37-11-4-7-20-22(14-27(30,31)32)41-12-5-8-21(25(41)39-20)38-19-10-13-40(2)15-18(19)29/h3,5-6,8-9,12,18-19,37-38H,10-11,13-16H2,1-2H3,(H,36,42)/t18-,19+/m0/s1. The van der Waals surface area contributed by atoms with Crippen molar-refractivity contribution >= 4 is 22.9 Å². The van der Waals surface area contributed by atoms with Crippen molar-refractivity contribution in [2.24, 2.45) is 0 Å². The number of piperidine rings is 1. The number of aromatic nitrogens is 2. The summed E-state index contributed by atoms with van der Waals surface area (Å²) in [5.74, 6) is 4.37. The van der Waals surface area contributed by atoms with Crippen LogP contribution in [0.15, 0.2) is 36.5 Å². The Morgan fingerprint density at radius 1 is 1.14 bits per heavy atom. The van der Waals surface area contributed by atoms with E-state index >= 15 is 0 Å². The van der Waals surface area contributed by atoms with Gasteiger partial charge in [0.2, 0.25) is 0 Å². The number of likely N-dealkylation sites (tertiary alicyclic amines) is 1. The number of carbonyl (C=O) groups excluding carboxylic acids is 1. The average Bonchev–Trinajstić information content (AvgIpc) is 3.27. The SMILES string of the molecule is CNC(=O)c1cccc(OCC(F)(F)F)c1NCC#Cc1nc2c(N[C@@H]3CCN(C)C[C@@H]3F)cccn2c1CC(F)(F)F. The molecule has 4 rings (SSSR count). The third-order valence-electron chi connectivity index (χ3n) is 6.65. The van der Waals surface area contributed by atoms with Gasteiger partial charge in [0, 0.05) is 26.3 Å². The lowest BCUT2D eigenvalue weighted by atomic mass is 10.0. The van der Waals surface area contributed by atoms with Crippen LogP contribution in [0.1, 0.15) is 28.2 Å². The molecule has 3 N–H and O–H groups in total. The van der Waals surface area contributed by atoms with Crippen LogP contribution >= 0.6 is 0 Å².